The molecular formula is C38H31Cl2N3O4S. The topological polar surface area (TPSA) is 74.8 Å². The molecule has 0 unspecified atom stereocenters. The second kappa shape index (κ2) is 12.8. The van der Waals surface area contributed by atoms with Crippen molar-refractivity contribution < 1.29 is 14.3 Å². The van der Waals surface area contributed by atoms with Crippen LogP contribution >= 0.6 is 34.5 Å². The van der Waals surface area contributed by atoms with E-state index >= 15 is 0 Å². The summed E-state index contributed by atoms with van der Waals surface area (Å²) in [6, 6.07) is 24.5. The van der Waals surface area contributed by atoms with Gasteiger partial charge in [0.05, 0.1) is 29.5 Å². The normalized spacial score (nSPS) is 14.8. The van der Waals surface area contributed by atoms with Gasteiger partial charge in [0.1, 0.15) is 11.8 Å². The van der Waals surface area contributed by atoms with Gasteiger partial charge in [-0.05, 0) is 67.4 Å². The molecule has 0 amide bonds. The second-order valence-corrected chi connectivity index (χ2v) is 13.4. The molecule has 7 nitrogen and oxygen atoms in total. The minimum atomic E-state index is -0.821. The molecule has 0 aliphatic carbocycles. The molecule has 1 aliphatic rings. The van der Waals surface area contributed by atoms with Crippen molar-refractivity contribution in [1.29, 1.82) is 0 Å². The zero-order valence-corrected chi connectivity index (χ0v) is 29.0. The first-order valence-electron chi connectivity index (χ1n) is 15.5. The summed E-state index contributed by atoms with van der Waals surface area (Å²) in [5.74, 6) is 0.0392. The predicted molar refractivity (Wildman–Crippen MR) is 193 cm³/mol. The molecule has 0 bridgehead atoms. The van der Waals surface area contributed by atoms with Crippen molar-refractivity contribution in [3.8, 4) is 5.75 Å². The lowest BCUT2D eigenvalue weighted by atomic mass is 9.90. The fraction of sp³-hybridized carbons (Fsp3) is 0.184. The molecule has 0 saturated heterocycles. The number of aromatic nitrogens is 2. The Morgan fingerprint density at radius 3 is 2.50 bits per heavy atom. The SMILES string of the molecule is CCOC(=O)C1=C(C)N=c2s/c(=C\c3c(C)n(Cc4ccc(Cl)cc4Cl)c4ccccc34)c(=O)n2[C@H]1c1c(OC)ccc2ccccc12. The van der Waals surface area contributed by atoms with Crippen molar-refractivity contribution in [3.05, 3.63) is 142 Å². The van der Waals surface area contributed by atoms with E-state index in [0.717, 1.165) is 38.5 Å². The molecular weight excluding hydrogens is 665 g/mol. The minimum Gasteiger partial charge on any atom is -0.496 e. The Bertz CT molecular complexity index is 2490. The minimum absolute atomic E-state index is 0.185. The summed E-state index contributed by atoms with van der Waals surface area (Å²) < 4.78 is 15.7. The third-order valence-corrected chi connectivity index (χ3v) is 10.4. The molecule has 2 aromatic heterocycles. The molecule has 0 saturated carbocycles. The van der Waals surface area contributed by atoms with Crippen molar-refractivity contribution in [2.75, 3.05) is 13.7 Å². The van der Waals surface area contributed by atoms with Crippen LogP contribution in [-0.4, -0.2) is 28.8 Å². The second-order valence-electron chi connectivity index (χ2n) is 11.5. The van der Waals surface area contributed by atoms with Crippen LogP contribution in [0.3, 0.4) is 0 Å². The van der Waals surface area contributed by atoms with Gasteiger partial charge in [-0.25, -0.2) is 9.79 Å². The molecule has 7 rings (SSSR count). The van der Waals surface area contributed by atoms with E-state index in [1.807, 2.05) is 73.7 Å². The van der Waals surface area contributed by atoms with Gasteiger partial charge in [0.2, 0.25) is 0 Å². The van der Waals surface area contributed by atoms with Crippen LogP contribution < -0.4 is 19.6 Å². The molecule has 1 aliphatic heterocycles. The largest absolute Gasteiger partial charge is 0.496 e. The highest BCUT2D eigenvalue weighted by Crippen LogP contribution is 2.40. The first kappa shape index (κ1) is 31.9. The number of esters is 1. The smallest absolute Gasteiger partial charge is 0.338 e. The number of thiazole rings is 1. The van der Waals surface area contributed by atoms with Gasteiger partial charge in [0.15, 0.2) is 4.80 Å². The van der Waals surface area contributed by atoms with Crippen LogP contribution in [0.1, 0.15) is 42.3 Å². The number of rotatable bonds is 7. The highest BCUT2D eigenvalue weighted by Gasteiger charge is 2.36. The molecule has 6 aromatic rings. The van der Waals surface area contributed by atoms with Gasteiger partial charge < -0.3 is 14.0 Å². The Hall–Kier alpha value is -4.63. The summed E-state index contributed by atoms with van der Waals surface area (Å²) in [5.41, 5.74) is 5.08. The Labute approximate surface area is 290 Å². The Balaban J connectivity index is 1.47. The van der Waals surface area contributed by atoms with Crippen LogP contribution in [0.25, 0.3) is 27.8 Å². The summed E-state index contributed by atoms with van der Waals surface area (Å²) >= 11 is 14.1. The molecule has 0 spiro atoms. The quantitative estimate of drug-likeness (QED) is 0.162. The number of benzene rings is 4. The standard InChI is InChI=1S/C38H31Cl2N3O4S/c1-5-47-37(45)33-21(2)41-38-43(35(33)34-26-11-7-6-10-23(26)15-17-31(34)46-4)36(44)32(48-38)19-28-22(3)42(30-13-9-8-12-27(28)30)20-24-14-16-25(39)18-29(24)40/h6-19,35H,5,20H2,1-4H3/b32-19-/t35-/m1/s1. The van der Waals surface area contributed by atoms with Crippen molar-refractivity contribution in [2.45, 2.75) is 33.4 Å². The van der Waals surface area contributed by atoms with Crippen LogP contribution in [0.2, 0.25) is 10.0 Å². The van der Waals surface area contributed by atoms with E-state index in [1.54, 1.807) is 31.6 Å². The number of para-hydroxylation sites is 1. The number of ether oxygens (including phenoxy) is 2. The van der Waals surface area contributed by atoms with Crippen molar-refractivity contribution in [1.82, 2.24) is 9.13 Å². The van der Waals surface area contributed by atoms with Crippen LogP contribution in [0, 0.1) is 6.92 Å². The van der Waals surface area contributed by atoms with E-state index in [-0.39, 0.29) is 12.2 Å². The van der Waals surface area contributed by atoms with Crippen molar-refractivity contribution in [2.24, 2.45) is 4.99 Å². The van der Waals surface area contributed by atoms with E-state index in [4.69, 9.17) is 37.7 Å². The van der Waals surface area contributed by atoms with Gasteiger partial charge in [-0.15, -0.1) is 0 Å². The average molecular weight is 697 g/mol. The van der Waals surface area contributed by atoms with E-state index < -0.39 is 12.0 Å². The van der Waals surface area contributed by atoms with E-state index in [0.29, 0.717) is 48.5 Å². The number of fused-ring (bicyclic) bond motifs is 3. The fourth-order valence-corrected chi connectivity index (χ4v) is 8.09. The first-order chi connectivity index (χ1) is 23.2. The van der Waals surface area contributed by atoms with Crippen LogP contribution in [0.5, 0.6) is 5.75 Å². The van der Waals surface area contributed by atoms with Crippen LogP contribution in [0.15, 0.2) is 99.9 Å². The average Bonchev–Trinajstić information content (AvgIpc) is 3.53. The van der Waals surface area contributed by atoms with Crippen molar-refractivity contribution in [3.63, 3.8) is 0 Å². The number of methoxy groups -OCH3 is 1. The summed E-state index contributed by atoms with van der Waals surface area (Å²) in [4.78, 5) is 33.5. The van der Waals surface area contributed by atoms with Gasteiger partial charge in [-0.3, -0.25) is 9.36 Å². The van der Waals surface area contributed by atoms with E-state index in [1.165, 1.54) is 11.3 Å². The monoisotopic (exact) mass is 695 g/mol. The molecule has 242 valence electrons. The Morgan fingerprint density at radius 2 is 1.75 bits per heavy atom. The Kier molecular flexibility index (Phi) is 8.50. The maximum atomic E-state index is 14.6. The van der Waals surface area contributed by atoms with Gasteiger partial charge in [0, 0.05) is 44.3 Å². The maximum absolute atomic E-state index is 14.6. The fourth-order valence-electron chi connectivity index (χ4n) is 6.60. The number of hydrogen-bond acceptors (Lipinski definition) is 6. The molecule has 1 atom stereocenters. The number of halogens is 2. The zero-order valence-electron chi connectivity index (χ0n) is 26.7. The molecule has 10 heteroatoms. The molecule has 0 fully saturated rings. The molecule has 3 heterocycles. The van der Waals surface area contributed by atoms with Crippen molar-refractivity contribution >= 4 is 68.3 Å². The van der Waals surface area contributed by atoms with Gasteiger partial charge >= 0.3 is 5.97 Å². The number of allylic oxidation sites excluding steroid dienone is 1. The first-order valence-corrected chi connectivity index (χ1v) is 17.1. The van der Waals surface area contributed by atoms with Crippen LogP contribution in [0.4, 0.5) is 0 Å². The predicted octanol–water partition coefficient (Wildman–Crippen LogP) is 7.58. The van der Waals surface area contributed by atoms with Gasteiger partial charge in [-0.1, -0.05) is 89.1 Å². The third-order valence-electron chi connectivity index (χ3n) is 8.84. The lowest BCUT2D eigenvalue weighted by Crippen LogP contribution is -2.40. The summed E-state index contributed by atoms with van der Waals surface area (Å²) in [6.07, 6.45) is 1.93. The number of carbonyl (C=O) groups excluding carboxylic acids is 1. The molecule has 48 heavy (non-hydrogen) atoms. The van der Waals surface area contributed by atoms with Gasteiger partial charge in [-0.2, -0.15) is 0 Å². The van der Waals surface area contributed by atoms with Gasteiger partial charge in [0.25, 0.3) is 5.56 Å². The van der Waals surface area contributed by atoms with E-state index in [2.05, 4.69) is 16.7 Å². The van der Waals surface area contributed by atoms with Crippen LogP contribution in [-0.2, 0) is 16.1 Å². The summed E-state index contributed by atoms with van der Waals surface area (Å²) in [7, 11) is 1.59. The summed E-state index contributed by atoms with van der Waals surface area (Å²) in [6.45, 7) is 6.30. The highest BCUT2D eigenvalue weighted by molar-refractivity contribution is 7.07. The lowest BCUT2D eigenvalue weighted by molar-refractivity contribution is -0.139. The molecule has 4 aromatic carbocycles. The maximum Gasteiger partial charge on any atom is 0.338 e. The van der Waals surface area contributed by atoms with E-state index in [9.17, 15) is 9.59 Å². The molecule has 0 N–H and O–H groups in total. The number of hydrogen-bond donors (Lipinski definition) is 0. The Morgan fingerprint density at radius 1 is 1.00 bits per heavy atom. The third kappa shape index (κ3) is 5.34. The lowest BCUT2D eigenvalue weighted by Gasteiger charge is -2.27. The zero-order chi connectivity index (χ0) is 33.7. The number of nitrogens with zero attached hydrogens (tertiary/aromatic N) is 3. The number of carbonyl (C=O) groups is 1. The summed E-state index contributed by atoms with van der Waals surface area (Å²) in [5, 5.41) is 3.99. The molecule has 0 radical (unpaired) electrons. The highest BCUT2D eigenvalue weighted by atomic mass is 35.5.